The SMILES string of the molecule is Cc1ccc(Nc2nnc(SCC(=O)c3ccc4c(c3)OCCCO4)s2)cc1. The number of nitrogens with one attached hydrogen (secondary N) is 1. The minimum atomic E-state index is 0.0175. The van der Waals surface area contributed by atoms with Crippen LogP contribution >= 0.6 is 23.1 Å². The first kappa shape index (κ1) is 18.8. The van der Waals surface area contributed by atoms with Crippen molar-refractivity contribution in [1.82, 2.24) is 10.2 Å². The van der Waals surface area contributed by atoms with Gasteiger partial charge in [-0.25, -0.2) is 0 Å². The lowest BCUT2D eigenvalue weighted by molar-refractivity contribution is 0.102. The Morgan fingerprint density at radius 3 is 2.71 bits per heavy atom. The van der Waals surface area contributed by atoms with E-state index < -0.39 is 0 Å². The zero-order valence-electron chi connectivity index (χ0n) is 15.3. The molecule has 0 radical (unpaired) electrons. The second kappa shape index (κ2) is 8.62. The van der Waals surface area contributed by atoms with Gasteiger partial charge in [-0.05, 0) is 37.3 Å². The summed E-state index contributed by atoms with van der Waals surface area (Å²) in [7, 11) is 0. The number of anilines is 2. The molecule has 4 rings (SSSR count). The van der Waals surface area contributed by atoms with Crippen molar-refractivity contribution < 1.29 is 14.3 Å². The summed E-state index contributed by atoms with van der Waals surface area (Å²) in [5.74, 6) is 1.63. The number of hydrogen-bond donors (Lipinski definition) is 1. The van der Waals surface area contributed by atoms with Crippen LogP contribution in [-0.2, 0) is 0 Å². The number of aromatic nitrogens is 2. The van der Waals surface area contributed by atoms with E-state index in [1.807, 2.05) is 31.2 Å². The minimum Gasteiger partial charge on any atom is -0.490 e. The molecule has 2 heterocycles. The molecule has 0 atom stereocenters. The van der Waals surface area contributed by atoms with Gasteiger partial charge >= 0.3 is 0 Å². The average Bonchev–Trinajstić information content (AvgIpc) is 3.02. The first-order valence-electron chi connectivity index (χ1n) is 8.90. The number of benzene rings is 2. The second-order valence-corrected chi connectivity index (χ2v) is 8.49. The van der Waals surface area contributed by atoms with E-state index in [9.17, 15) is 4.79 Å². The van der Waals surface area contributed by atoms with Gasteiger partial charge in [-0.2, -0.15) is 0 Å². The Hall–Kier alpha value is -2.58. The van der Waals surface area contributed by atoms with Crippen LogP contribution in [0.1, 0.15) is 22.3 Å². The smallest absolute Gasteiger partial charge is 0.210 e. The lowest BCUT2D eigenvalue weighted by atomic mass is 10.1. The average molecular weight is 414 g/mol. The van der Waals surface area contributed by atoms with E-state index in [0.29, 0.717) is 41.2 Å². The van der Waals surface area contributed by atoms with Crippen molar-refractivity contribution in [3.63, 3.8) is 0 Å². The third-order valence-corrected chi connectivity index (χ3v) is 6.08. The monoisotopic (exact) mass is 413 g/mol. The molecule has 0 fully saturated rings. The van der Waals surface area contributed by atoms with Gasteiger partial charge in [0.1, 0.15) is 0 Å². The van der Waals surface area contributed by atoms with Crippen LogP contribution < -0.4 is 14.8 Å². The quantitative estimate of drug-likeness (QED) is 0.463. The highest BCUT2D eigenvalue weighted by Gasteiger charge is 2.15. The van der Waals surface area contributed by atoms with E-state index in [-0.39, 0.29) is 5.78 Å². The predicted octanol–water partition coefficient (Wildman–Crippen LogP) is 4.73. The van der Waals surface area contributed by atoms with E-state index in [2.05, 4.69) is 15.5 Å². The topological polar surface area (TPSA) is 73.3 Å². The number of carbonyl (C=O) groups excluding carboxylic acids is 1. The molecule has 1 aliphatic heterocycles. The Balaban J connectivity index is 1.35. The fourth-order valence-corrected chi connectivity index (χ4v) is 4.29. The molecule has 0 spiro atoms. The van der Waals surface area contributed by atoms with Crippen molar-refractivity contribution in [2.45, 2.75) is 17.7 Å². The molecule has 0 saturated carbocycles. The summed E-state index contributed by atoms with van der Waals surface area (Å²) in [4.78, 5) is 12.5. The Labute approximate surface area is 171 Å². The maximum atomic E-state index is 12.5. The maximum absolute atomic E-state index is 12.5. The molecule has 0 amide bonds. The van der Waals surface area contributed by atoms with Crippen LogP contribution in [0.3, 0.4) is 0 Å². The first-order chi connectivity index (χ1) is 13.7. The molecule has 0 unspecified atom stereocenters. The van der Waals surface area contributed by atoms with E-state index in [1.165, 1.54) is 28.7 Å². The van der Waals surface area contributed by atoms with Crippen LogP contribution in [0.25, 0.3) is 0 Å². The number of rotatable bonds is 6. The summed E-state index contributed by atoms with van der Waals surface area (Å²) in [6, 6.07) is 13.4. The van der Waals surface area contributed by atoms with Crippen molar-refractivity contribution >= 4 is 39.7 Å². The van der Waals surface area contributed by atoms with Gasteiger partial charge in [0.2, 0.25) is 5.13 Å². The largest absolute Gasteiger partial charge is 0.490 e. The number of ketones is 1. The van der Waals surface area contributed by atoms with Crippen LogP contribution in [0.2, 0.25) is 0 Å². The van der Waals surface area contributed by atoms with Crippen molar-refractivity contribution in [1.29, 1.82) is 0 Å². The Kier molecular flexibility index (Phi) is 5.78. The molecule has 3 aromatic rings. The molecule has 2 aromatic carbocycles. The van der Waals surface area contributed by atoms with Gasteiger partial charge in [0.25, 0.3) is 0 Å². The minimum absolute atomic E-state index is 0.0175. The predicted molar refractivity (Wildman–Crippen MR) is 111 cm³/mol. The van der Waals surface area contributed by atoms with Gasteiger partial charge in [0, 0.05) is 17.7 Å². The summed E-state index contributed by atoms with van der Waals surface area (Å²) in [5, 5.41) is 12.2. The van der Waals surface area contributed by atoms with Gasteiger partial charge in [0.15, 0.2) is 21.6 Å². The lowest BCUT2D eigenvalue weighted by Crippen LogP contribution is -2.03. The lowest BCUT2D eigenvalue weighted by Gasteiger charge is -2.08. The van der Waals surface area contributed by atoms with Crippen LogP contribution in [0.5, 0.6) is 11.5 Å². The van der Waals surface area contributed by atoms with Gasteiger partial charge in [0.05, 0.1) is 19.0 Å². The highest BCUT2D eigenvalue weighted by molar-refractivity contribution is 8.01. The van der Waals surface area contributed by atoms with E-state index in [0.717, 1.165) is 16.4 Å². The highest BCUT2D eigenvalue weighted by Crippen LogP contribution is 2.32. The fraction of sp³-hybridized carbons (Fsp3) is 0.250. The number of thioether (sulfide) groups is 1. The standard InChI is InChI=1S/C20H19N3O3S2/c1-13-3-6-15(7-4-13)21-19-22-23-20(28-19)27-12-16(24)14-5-8-17-18(11-14)26-10-2-9-25-17/h3-8,11H,2,9-10,12H2,1H3,(H,21,22). The third kappa shape index (κ3) is 4.63. The van der Waals surface area contributed by atoms with Gasteiger partial charge in [-0.15, -0.1) is 10.2 Å². The summed E-state index contributed by atoms with van der Waals surface area (Å²) in [6.45, 7) is 3.27. The van der Waals surface area contributed by atoms with Crippen molar-refractivity contribution in [3.8, 4) is 11.5 Å². The van der Waals surface area contributed by atoms with Gasteiger partial charge in [-0.1, -0.05) is 40.8 Å². The zero-order chi connectivity index (χ0) is 19.3. The molecule has 0 bridgehead atoms. The molecule has 1 N–H and O–H groups in total. The molecule has 6 nitrogen and oxygen atoms in total. The number of carbonyl (C=O) groups is 1. The Morgan fingerprint density at radius 2 is 1.89 bits per heavy atom. The van der Waals surface area contributed by atoms with Crippen molar-refractivity contribution in [2.75, 3.05) is 24.3 Å². The molecule has 28 heavy (non-hydrogen) atoms. The van der Waals surface area contributed by atoms with E-state index in [1.54, 1.807) is 18.2 Å². The van der Waals surface area contributed by atoms with E-state index >= 15 is 0 Å². The second-order valence-electron chi connectivity index (χ2n) is 6.29. The normalized spacial score (nSPS) is 13.0. The van der Waals surface area contributed by atoms with Crippen LogP contribution in [0, 0.1) is 6.92 Å². The van der Waals surface area contributed by atoms with Crippen LogP contribution in [0.15, 0.2) is 46.8 Å². The van der Waals surface area contributed by atoms with Gasteiger partial charge < -0.3 is 14.8 Å². The van der Waals surface area contributed by atoms with Crippen LogP contribution in [-0.4, -0.2) is 34.9 Å². The number of ether oxygens (including phenoxy) is 2. The van der Waals surface area contributed by atoms with Gasteiger partial charge in [-0.3, -0.25) is 4.79 Å². The summed E-state index contributed by atoms with van der Waals surface area (Å²) >= 11 is 2.81. The number of fused-ring (bicyclic) bond motifs is 1. The van der Waals surface area contributed by atoms with Crippen molar-refractivity contribution in [3.05, 3.63) is 53.6 Å². The molecular formula is C20H19N3O3S2. The van der Waals surface area contributed by atoms with Crippen molar-refractivity contribution in [2.24, 2.45) is 0 Å². The Bertz CT molecular complexity index is 973. The summed E-state index contributed by atoms with van der Waals surface area (Å²) < 4.78 is 12.0. The molecule has 1 aliphatic rings. The first-order valence-corrected chi connectivity index (χ1v) is 10.7. The molecule has 0 saturated heterocycles. The Morgan fingerprint density at radius 1 is 1.11 bits per heavy atom. The summed E-state index contributed by atoms with van der Waals surface area (Å²) in [6.07, 6.45) is 0.837. The summed E-state index contributed by atoms with van der Waals surface area (Å²) in [5.41, 5.74) is 2.77. The fourth-order valence-electron chi connectivity index (χ4n) is 2.63. The third-order valence-electron chi connectivity index (χ3n) is 4.11. The molecular weight excluding hydrogens is 394 g/mol. The van der Waals surface area contributed by atoms with Crippen LogP contribution in [0.4, 0.5) is 10.8 Å². The highest BCUT2D eigenvalue weighted by atomic mass is 32.2. The number of nitrogens with zero attached hydrogens (tertiary/aromatic N) is 2. The van der Waals surface area contributed by atoms with E-state index in [4.69, 9.17) is 9.47 Å². The molecule has 0 aliphatic carbocycles. The molecule has 144 valence electrons. The zero-order valence-corrected chi connectivity index (χ0v) is 16.9. The maximum Gasteiger partial charge on any atom is 0.210 e. The number of hydrogen-bond acceptors (Lipinski definition) is 8. The number of Topliss-reactive ketones (excluding diaryl/α,β-unsaturated/α-hetero) is 1. The molecule has 8 heteroatoms. The molecule has 1 aromatic heterocycles. The number of aryl methyl sites for hydroxylation is 1.